The van der Waals surface area contributed by atoms with E-state index in [1.807, 2.05) is 6.07 Å². The molecule has 1 N–H and O–H groups in total. The molecule has 0 aliphatic rings. The highest BCUT2D eigenvalue weighted by molar-refractivity contribution is 7.19. The Kier molecular flexibility index (Phi) is 3.10. The lowest BCUT2D eigenvalue weighted by atomic mass is 10.4. The molecule has 0 aliphatic heterocycles. The van der Waals surface area contributed by atoms with Crippen molar-refractivity contribution in [1.82, 2.24) is 29.7 Å². The highest BCUT2D eigenvalue weighted by atomic mass is 35.5. The molecular formula is C10H8ClN7S. The molecule has 3 rings (SSSR count). The molecule has 0 unspecified atom stereocenters. The van der Waals surface area contributed by atoms with Crippen LogP contribution in [0.1, 0.15) is 0 Å². The molecule has 3 aromatic rings. The lowest BCUT2D eigenvalue weighted by Gasteiger charge is -2.04. The highest BCUT2D eigenvalue weighted by Gasteiger charge is 2.11. The van der Waals surface area contributed by atoms with Crippen molar-refractivity contribution >= 4 is 28.9 Å². The van der Waals surface area contributed by atoms with Gasteiger partial charge in [0.2, 0.25) is 5.95 Å². The first-order valence-electron chi connectivity index (χ1n) is 5.31. The van der Waals surface area contributed by atoms with Crippen LogP contribution >= 0.6 is 22.9 Å². The molecule has 0 fully saturated rings. The molecule has 0 aromatic carbocycles. The largest absolute Gasteiger partial charge is 0.357 e. The van der Waals surface area contributed by atoms with Crippen molar-refractivity contribution in [3.8, 4) is 16.6 Å². The summed E-state index contributed by atoms with van der Waals surface area (Å²) < 4.78 is 2.16. The van der Waals surface area contributed by atoms with Crippen LogP contribution in [-0.4, -0.2) is 36.8 Å². The number of nitrogens with zero attached hydrogens (tertiary/aromatic N) is 6. The highest BCUT2D eigenvalue weighted by Crippen LogP contribution is 2.29. The summed E-state index contributed by atoms with van der Waals surface area (Å²) in [6, 6.07) is 3.67. The monoisotopic (exact) mass is 293 g/mol. The van der Waals surface area contributed by atoms with Crippen molar-refractivity contribution < 1.29 is 0 Å². The van der Waals surface area contributed by atoms with Gasteiger partial charge < -0.3 is 5.32 Å². The summed E-state index contributed by atoms with van der Waals surface area (Å²) in [5.41, 5.74) is 0. The molecule has 7 nitrogen and oxygen atoms in total. The molecule has 0 bridgehead atoms. The molecule has 3 aromatic heterocycles. The second kappa shape index (κ2) is 4.90. The SMILES string of the molecule is CNc1nc(-c2ccc(Cl)s2)nc(-n2cncn2)n1. The molecule has 96 valence electrons. The van der Waals surface area contributed by atoms with Gasteiger partial charge in [-0.3, -0.25) is 0 Å². The zero-order chi connectivity index (χ0) is 13.2. The van der Waals surface area contributed by atoms with E-state index in [2.05, 4.69) is 30.4 Å². The lowest BCUT2D eigenvalue weighted by Crippen LogP contribution is -2.07. The lowest BCUT2D eigenvalue weighted by molar-refractivity contribution is 0.799. The van der Waals surface area contributed by atoms with Gasteiger partial charge in [-0.15, -0.1) is 11.3 Å². The predicted octanol–water partition coefficient (Wildman–Crippen LogP) is 1.88. The molecule has 0 saturated carbocycles. The van der Waals surface area contributed by atoms with Gasteiger partial charge in [-0.25, -0.2) is 4.98 Å². The van der Waals surface area contributed by atoms with Gasteiger partial charge in [0, 0.05) is 7.05 Å². The first kappa shape index (κ1) is 12.0. The average molecular weight is 294 g/mol. The fourth-order valence-electron chi connectivity index (χ4n) is 1.44. The third kappa shape index (κ3) is 2.40. The van der Waals surface area contributed by atoms with Gasteiger partial charge >= 0.3 is 0 Å². The minimum absolute atomic E-state index is 0.399. The van der Waals surface area contributed by atoms with Gasteiger partial charge in [0.25, 0.3) is 5.95 Å². The number of rotatable bonds is 3. The summed E-state index contributed by atoms with van der Waals surface area (Å²) in [6.07, 6.45) is 2.95. The van der Waals surface area contributed by atoms with Crippen LogP contribution in [0.15, 0.2) is 24.8 Å². The summed E-state index contributed by atoms with van der Waals surface area (Å²) in [6.45, 7) is 0. The fourth-order valence-corrected chi connectivity index (χ4v) is 2.41. The van der Waals surface area contributed by atoms with E-state index in [4.69, 9.17) is 11.6 Å². The minimum atomic E-state index is 0.399. The maximum absolute atomic E-state index is 5.93. The zero-order valence-electron chi connectivity index (χ0n) is 9.78. The van der Waals surface area contributed by atoms with Gasteiger partial charge in [0.15, 0.2) is 5.82 Å². The van der Waals surface area contributed by atoms with Crippen LogP contribution in [0.2, 0.25) is 4.34 Å². The summed E-state index contributed by atoms with van der Waals surface area (Å²) in [5.74, 6) is 1.40. The van der Waals surface area contributed by atoms with E-state index < -0.39 is 0 Å². The molecule has 9 heteroatoms. The van der Waals surface area contributed by atoms with E-state index in [-0.39, 0.29) is 0 Å². The average Bonchev–Trinajstić information content (AvgIpc) is 3.09. The Hall–Kier alpha value is -2.06. The number of nitrogens with one attached hydrogen (secondary N) is 1. The first-order chi connectivity index (χ1) is 9.26. The molecule has 0 amide bonds. The molecule has 19 heavy (non-hydrogen) atoms. The normalized spacial score (nSPS) is 10.6. The Labute approximate surface area is 117 Å². The summed E-state index contributed by atoms with van der Waals surface area (Å²) in [4.78, 5) is 17.6. The van der Waals surface area contributed by atoms with Gasteiger partial charge in [-0.1, -0.05) is 11.6 Å². The fraction of sp³-hybridized carbons (Fsp3) is 0.100. The predicted molar refractivity (Wildman–Crippen MR) is 72.6 cm³/mol. The molecule has 0 radical (unpaired) electrons. The Balaban J connectivity index is 2.12. The van der Waals surface area contributed by atoms with Crippen LogP contribution in [0.3, 0.4) is 0 Å². The van der Waals surface area contributed by atoms with Crippen molar-refractivity contribution in [3.63, 3.8) is 0 Å². The van der Waals surface area contributed by atoms with E-state index in [0.29, 0.717) is 22.1 Å². The number of halogens is 1. The summed E-state index contributed by atoms with van der Waals surface area (Å²) >= 11 is 7.33. The van der Waals surface area contributed by atoms with Crippen molar-refractivity contribution in [1.29, 1.82) is 0 Å². The van der Waals surface area contributed by atoms with Crippen LogP contribution in [0.5, 0.6) is 0 Å². The third-order valence-electron chi connectivity index (χ3n) is 2.26. The van der Waals surface area contributed by atoms with Crippen LogP contribution in [-0.2, 0) is 0 Å². The Morgan fingerprint density at radius 2 is 2.16 bits per heavy atom. The quantitative estimate of drug-likeness (QED) is 0.794. The topological polar surface area (TPSA) is 81.4 Å². The second-order valence-corrected chi connectivity index (χ2v) is 5.19. The number of anilines is 1. The van der Waals surface area contributed by atoms with E-state index >= 15 is 0 Å². The second-order valence-electron chi connectivity index (χ2n) is 3.48. The molecule has 0 aliphatic carbocycles. The number of aromatic nitrogens is 6. The Morgan fingerprint density at radius 1 is 1.26 bits per heavy atom. The molecule has 3 heterocycles. The van der Waals surface area contributed by atoms with Crippen molar-refractivity contribution in [2.75, 3.05) is 12.4 Å². The zero-order valence-corrected chi connectivity index (χ0v) is 11.4. The maximum atomic E-state index is 5.93. The van der Waals surface area contributed by atoms with Crippen LogP contribution in [0.4, 0.5) is 5.95 Å². The molecular weight excluding hydrogens is 286 g/mol. The van der Waals surface area contributed by atoms with Gasteiger partial charge in [-0.2, -0.15) is 24.7 Å². The first-order valence-corrected chi connectivity index (χ1v) is 6.50. The Morgan fingerprint density at radius 3 is 2.79 bits per heavy atom. The molecule has 0 atom stereocenters. The van der Waals surface area contributed by atoms with E-state index in [1.54, 1.807) is 13.1 Å². The van der Waals surface area contributed by atoms with Crippen molar-refractivity contribution in [2.45, 2.75) is 0 Å². The number of hydrogen-bond acceptors (Lipinski definition) is 7. The van der Waals surface area contributed by atoms with Crippen LogP contribution in [0.25, 0.3) is 16.6 Å². The van der Waals surface area contributed by atoms with Crippen LogP contribution < -0.4 is 5.32 Å². The number of hydrogen-bond donors (Lipinski definition) is 1. The molecule has 0 saturated heterocycles. The smallest absolute Gasteiger partial charge is 0.257 e. The number of thiophene rings is 1. The Bertz CT molecular complexity index is 694. The summed E-state index contributed by atoms with van der Waals surface area (Å²) in [7, 11) is 1.74. The summed E-state index contributed by atoms with van der Waals surface area (Å²) in [5, 5.41) is 6.90. The third-order valence-corrected chi connectivity index (χ3v) is 3.49. The van der Waals surface area contributed by atoms with Gasteiger partial charge in [-0.05, 0) is 12.1 Å². The van der Waals surface area contributed by atoms with Crippen LogP contribution in [0, 0.1) is 0 Å². The maximum Gasteiger partial charge on any atom is 0.257 e. The van der Waals surface area contributed by atoms with E-state index in [9.17, 15) is 0 Å². The minimum Gasteiger partial charge on any atom is -0.357 e. The van der Waals surface area contributed by atoms with E-state index in [0.717, 1.165) is 4.88 Å². The van der Waals surface area contributed by atoms with Crippen molar-refractivity contribution in [3.05, 3.63) is 29.1 Å². The van der Waals surface area contributed by atoms with Gasteiger partial charge in [0.05, 0.1) is 9.21 Å². The standard InChI is InChI=1S/C10H8ClN7S/c1-12-9-15-8(6-2-3-7(11)19-6)16-10(17-9)18-5-13-4-14-18/h2-5H,1H3,(H,12,15,16,17). The van der Waals surface area contributed by atoms with Gasteiger partial charge in [0.1, 0.15) is 12.7 Å². The molecule has 0 spiro atoms. The van der Waals surface area contributed by atoms with Crippen molar-refractivity contribution in [2.24, 2.45) is 0 Å². The van der Waals surface area contributed by atoms with E-state index in [1.165, 1.54) is 28.7 Å².